The van der Waals surface area contributed by atoms with Gasteiger partial charge < -0.3 is 10.6 Å². The van der Waals surface area contributed by atoms with Crippen LogP contribution in [0.25, 0.3) is 0 Å². The average molecular weight is 277 g/mol. The third-order valence-corrected chi connectivity index (χ3v) is 4.71. The van der Waals surface area contributed by atoms with E-state index in [0.29, 0.717) is 12.0 Å². The van der Waals surface area contributed by atoms with Gasteiger partial charge in [0.2, 0.25) is 0 Å². The Kier molecular flexibility index (Phi) is 4.08. The molecule has 1 aromatic rings. The van der Waals surface area contributed by atoms with Crippen molar-refractivity contribution in [2.24, 2.45) is 11.7 Å². The second-order valence-corrected chi connectivity index (χ2v) is 6.65. The lowest BCUT2D eigenvalue weighted by Crippen LogP contribution is -2.40. The average Bonchev–Trinajstić information content (AvgIpc) is 2.83. The Morgan fingerprint density at radius 2 is 2.15 bits per heavy atom. The van der Waals surface area contributed by atoms with Crippen LogP contribution in [0.5, 0.6) is 0 Å². The van der Waals surface area contributed by atoms with Crippen LogP contribution in [0, 0.1) is 5.92 Å². The normalized spacial score (nSPS) is 27.8. The monoisotopic (exact) mass is 277 g/mol. The van der Waals surface area contributed by atoms with Gasteiger partial charge in [0, 0.05) is 25.4 Å². The van der Waals surface area contributed by atoms with E-state index in [-0.39, 0.29) is 6.17 Å². The van der Waals surface area contributed by atoms with Crippen molar-refractivity contribution >= 4 is 0 Å². The first-order valence-electron chi connectivity index (χ1n) is 8.07. The van der Waals surface area contributed by atoms with Gasteiger partial charge in [-0.05, 0) is 52.0 Å². The summed E-state index contributed by atoms with van der Waals surface area (Å²) in [5.41, 5.74) is 6.11. The Bertz CT molecular complexity index is 453. The van der Waals surface area contributed by atoms with Crippen LogP contribution >= 0.6 is 0 Å². The Hall–Kier alpha value is -0.940. The van der Waals surface area contributed by atoms with Gasteiger partial charge in [-0.3, -0.25) is 0 Å². The van der Waals surface area contributed by atoms with Crippen molar-refractivity contribution in [2.75, 3.05) is 13.1 Å². The van der Waals surface area contributed by atoms with E-state index in [1.165, 1.54) is 25.9 Å². The topological polar surface area (TPSA) is 60.0 Å². The summed E-state index contributed by atoms with van der Waals surface area (Å²) in [4.78, 5) is 7.30. The van der Waals surface area contributed by atoms with Crippen molar-refractivity contribution in [3.63, 3.8) is 0 Å². The molecule has 2 N–H and O–H groups in total. The molecule has 5 heteroatoms. The van der Waals surface area contributed by atoms with Crippen LogP contribution in [-0.4, -0.2) is 38.8 Å². The molecule has 3 heterocycles. The van der Waals surface area contributed by atoms with Gasteiger partial charge >= 0.3 is 0 Å². The molecule has 2 aliphatic rings. The molecule has 112 valence electrons. The van der Waals surface area contributed by atoms with Crippen molar-refractivity contribution in [1.82, 2.24) is 19.7 Å². The number of rotatable bonds is 3. The number of hydrogen-bond donors (Lipinski definition) is 1. The second kappa shape index (κ2) is 5.82. The predicted octanol–water partition coefficient (Wildman–Crippen LogP) is 1.73. The molecule has 0 saturated carbocycles. The van der Waals surface area contributed by atoms with Crippen LogP contribution in [0.2, 0.25) is 0 Å². The van der Waals surface area contributed by atoms with Gasteiger partial charge in [-0.15, -0.1) is 0 Å². The van der Waals surface area contributed by atoms with Crippen molar-refractivity contribution in [1.29, 1.82) is 0 Å². The van der Waals surface area contributed by atoms with Crippen LogP contribution in [-0.2, 0) is 12.8 Å². The van der Waals surface area contributed by atoms with Crippen molar-refractivity contribution in [3.8, 4) is 0 Å². The zero-order valence-corrected chi connectivity index (χ0v) is 12.8. The number of nitrogens with two attached hydrogens (primary N) is 1. The van der Waals surface area contributed by atoms with Crippen LogP contribution in [0.3, 0.4) is 0 Å². The lowest BCUT2D eigenvalue weighted by atomic mass is 9.94. The minimum absolute atomic E-state index is 0.0403. The van der Waals surface area contributed by atoms with Crippen LogP contribution < -0.4 is 5.73 Å². The Morgan fingerprint density at radius 1 is 1.30 bits per heavy atom. The molecule has 2 unspecified atom stereocenters. The van der Waals surface area contributed by atoms with Gasteiger partial charge in [0.1, 0.15) is 12.0 Å². The number of nitrogens with zero attached hydrogens (tertiary/aromatic N) is 4. The van der Waals surface area contributed by atoms with E-state index in [0.717, 1.165) is 37.3 Å². The molecule has 1 aromatic heterocycles. The molecule has 0 bridgehead atoms. The summed E-state index contributed by atoms with van der Waals surface area (Å²) < 4.78 is 1.96. The maximum atomic E-state index is 6.11. The molecule has 2 aliphatic heterocycles. The number of hydrogen-bond acceptors (Lipinski definition) is 4. The predicted molar refractivity (Wildman–Crippen MR) is 79.3 cm³/mol. The van der Waals surface area contributed by atoms with E-state index in [1.807, 2.05) is 4.68 Å². The molecule has 20 heavy (non-hydrogen) atoms. The number of likely N-dealkylation sites (tertiary alicyclic amines) is 1. The zero-order valence-electron chi connectivity index (χ0n) is 12.8. The summed E-state index contributed by atoms with van der Waals surface area (Å²) in [7, 11) is 0. The second-order valence-electron chi connectivity index (χ2n) is 6.65. The third-order valence-electron chi connectivity index (χ3n) is 4.71. The minimum atomic E-state index is 0.0403. The zero-order chi connectivity index (χ0) is 14.1. The summed E-state index contributed by atoms with van der Waals surface area (Å²) >= 11 is 0. The highest BCUT2D eigenvalue weighted by Gasteiger charge is 2.25. The highest BCUT2D eigenvalue weighted by molar-refractivity contribution is 4.99. The molecule has 1 saturated heterocycles. The molecule has 5 nitrogen and oxygen atoms in total. The molecular formula is C15H27N5. The fourth-order valence-corrected chi connectivity index (χ4v) is 3.51. The summed E-state index contributed by atoms with van der Waals surface area (Å²) in [5.74, 6) is 2.80. The van der Waals surface area contributed by atoms with Crippen LogP contribution in [0.4, 0.5) is 0 Å². The Morgan fingerprint density at radius 3 is 2.90 bits per heavy atom. The number of aromatic nitrogens is 3. The van der Waals surface area contributed by atoms with Crippen molar-refractivity contribution in [2.45, 2.75) is 64.6 Å². The number of aryl methyl sites for hydroxylation is 1. The molecule has 0 radical (unpaired) electrons. The standard InChI is InChI=1S/C15H27N5/c1-11(2)19-8-4-5-12(10-19)9-14-17-15-7-3-6-13(16)20(15)18-14/h11-13H,3-10,16H2,1-2H3. The molecule has 2 atom stereocenters. The summed E-state index contributed by atoms with van der Waals surface area (Å²) in [6.45, 7) is 7.00. The van der Waals surface area contributed by atoms with Crippen molar-refractivity contribution < 1.29 is 0 Å². The van der Waals surface area contributed by atoms with E-state index >= 15 is 0 Å². The largest absolute Gasteiger partial charge is 0.310 e. The summed E-state index contributed by atoms with van der Waals surface area (Å²) in [5, 5.41) is 4.66. The first-order chi connectivity index (χ1) is 9.63. The quantitative estimate of drug-likeness (QED) is 0.914. The summed E-state index contributed by atoms with van der Waals surface area (Å²) in [6.07, 6.45) is 6.86. The van der Waals surface area contributed by atoms with Gasteiger partial charge in [-0.2, -0.15) is 5.10 Å². The van der Waals surface area contributed by atoms with E-state index in [9.17, 15) is 0 Å². The maximum absolute atomic E-state index is 6.11. The van der Waals surface area contributed by atoms with Gasteiger partial charge in [0.05, 0.1) is 0 Å². The molecular weight excluding hydrogens is 250 g/mol. The highest BCUT2D eigenvalue weighted by atomic mass is 15.4. The van der Waals surface area contributed by atoms with Crippen molar-refractivity contribution in [3.05, 3.63) is 11.6 Å². The maximum Gasteiger partial charge on any atom is 0.151 e. The fourth-order valence-electron chi connectivity index (χ4n) is 3.51. The SMILES string of the molecule is CC(C)N1CCCC(Cc2nc3n(n2)C(N)CCC3)C1. The van der Waals surface area contributed by atoms with E-state index < -0.39 is 0 Å². The Balaban J connectivity index is 1.66. The first-order valence-corrected chi connectivity index (χ1v) is 8.07. The molecule has 3 rings (SSSR count). The number of piperidine rings is 1. The van der Waals surface area contributed by atoms with Gasteiger partial charge in [-0.1, -0.05) is 0 Å². The molecule has 0 aromatic carbocycles. The molecule has 0 amide bonds. The van der Waals surface area contributed by atoms with E-state index in [2.05, 4.69) is 23.8 Å². The van der Waals surface area contributed by atoms with E-state index in [1.54, 1.807) is 0 Å². The minimum Gasteiger partial charge on any atom is -0.310 e. The van der Waals surface area contributed by atoms with Gasteiger partial charge in [-0.25, -0.2) is 9.67 Å². The smallest absolute Gasteiger partial charge is 0.151 e. The first kappa shape index (κ1) is 14.0. The lowest BCUT2D eigenvalue weighted by Gasteiger charge is -2.35. The van der Waals surface area contributed by atoms with Gasteiger partial charge in [0.25, 0.3) is 0 Å². The molecule has 0 aliphatic carbocycles. The van der Waals surface area contributed by atoms with Crippen LogP contribution in [0.1, 0.15) is 57.3 Å². The molecule has 1 fully saturated rings. The van der Waals surface area contributed by atoms with Crippen LogP contribution in [0.15, 0.2) is 0 Å². The Labute approximate surface area is 121 Å². The highest BCUT2D eigenvalue weighted by Crippen LogP contribution is 2.23. The number of fused-ring (bicyclic) bond motifs is 1. The lowest BCUT2D eigenvalue weighted by molar-refractivity contribution is 0.138. The third kappa shape index (κ3) is 2.88. The fraction of sp³-hybridized carbons (Fsp3) is 0.867. The van der Waals surface area contributed by atoms with E-state index in [4.69, 9.17) is 10.7 Å². The molecule has 0 spiro atoms. The summed E-state index contributed by atoms with van der Waals surface area (Å²) in [6, 6.07) is 0.648. The van der Waals surface area contributed by atoms with Gasteiger partial charge in [0.15, 0.2) is 5.82 Å².